The Morgan fingerprint density at radius 1 is 1.22 bits per heavy atom. The van der Waals surface area contributed by atoms with Crippen molar-refractivity contribution in [2.75, 3.05) is 13.1 Å². The quantitative estimate of drug-likeness (QED) is 0.869. The van der Waals surface area contributed by atoms with Gasteiger partial charge in [0.05, 0.1) is 0 Å². The molecule has 2 heteroatoms. The van der Waals surface area contributed by atoms with Gasteiger partial charge in [0.15, 0.2) is 0 Å². The highest BCUT2D eigenvalue weighted by molar-refractivity contribution is 5.30. The molecule has 2 N–H and O–H groups in total. The lowest BCUT2D eigenvalue weighted by atomic mass is 9.92. The zero-order chi connectivity index (χ0) is 13.3. The number of piperidine rings is 1. The second-order valence-corrected chi connectivity index (χ2v) is 6.02. The van der Waals surface area contributed by atoms with Crippen molar-refractivity contribution in [3.05, 3.63) is 34.9 Å². The third kappa shape index (κ3) is 2.93. The smallest absolute Gasteiger partial charge is 0.0320 e. The van der Waals surface area contributed by atoms with Gasteiger partial charge in [-0.2, -0.15) is 0 Å². The molecule has 3 atom stereocenters. The molecule has 1 aliphatic heterocycles. The van der Waals surface area contributed by atoms with Gasteiger partial charge in [0.25, 0.3) is 0 Å². The molecule has 0 aliphatic carbocycles. The maximum Gasteiger partial charge on any atom is 0.0320 e. The normalized spacial score (nSPS) is 27.2. The number of benzene rings is 1. The predicted molar refractivity (Wildman–Crippen MR) is 77.7 cm³/mol. The number of hydrogen-bond acceptors (Lipinski definition) is 2. The molecular weight excluding hydrogens is 220 g/mol. The van der Waals surface area contributed by atoms with Crippen LogP contribution >= 0.6 is 0 Å². The Kier molecular flexibility index (Phi) is 4.08. The molecular formula is C16H26N2. The van der Waals surface area contributed by atoms with Gasteiger partial charge in [-0.25, -0.2) is 0 Å². The van der Waals surface area contributed by atoms with Gasteiger partial charge in [0.1, 0.15) is 0 Å². The van der Waals surface area contributed by atoms with Crippen LogP contribution in [0, 0.1) is 19.8 Å². The van der Waals surface area contributed by atoms with Gasteiger partial charge in [0, 0.05) is 25.2 Å². The van der Waals surface area contributed by atoms with Crippen molar-refractivity contribution in [2.45, 2.75) is 46.2 Å². The Balaban J connectivity index is 2.13. The molecule has 3 unspecified atom stereocenters. The van der Waals surface area contributed by atoms with E-state index in [1.165, 1.54) is 16.7 Å². The lowest BCUT2D eigenvalue weighted by Crippen LogP contribution is -2.46. The van der Waals surface area contributed by atoms with Gasteiger partial charge < -0.3 is 5.73 Å². The second kappa shape index (κ2) is 5.41. The largest absolute Gasteiger partial charge is 0.327 e. The van der Waals surface area contributed by atoms with Crippen molar-refractivity contribution >= 4 is 0 Å². The number of likely N-dealkylation sites (tertiary alicyclic amines) is 1. The summed E-state index contributed by atoms with van der Waals surface area (Å²) in [5, 5.41) is 0. The fourth-order valence-corrected chi connectivity index (χ4v) is 3.01. The minimum absolute atomic E-state index is 0.382. The molecule has 100 valence electrons. The molecule has 1 heterocycles. The lowest BCUT2D eigenvalue weighted by Gasteiger charge is -2.39. The topological polar surface area (TPSA) is 29.3 Å². The Hall–Kier alpha value is -0.860. The van der Waals surface area contributed by atoms with Crippen LogP contribution in [0.2, 0.25) is 0 Å². The van der Waals surface area contributed by atoms with Gasteiger partial charge in [-0.15, -0.1) is 0 Å². The van der Waals surface area contributed by atoms with E-state index < -0.39 is 0 Å². The molecule has 0 aromatic heterocycles. The minimum atomic E-state index is 0.382. The molecule has 2 rings (SSSR count). The fourth-order valence-electron chi connectivity index (χ4n) is 3.01. The Bertz CT molecular complexity index is 393. The van der Waals surface area contributed by atoms with Crippen LogP contribution in [0.25, 0.3) is 0 Å². The first-order valence-corrected chi connectivity index (χ1v) is 7.05. The van der Waals surface area contributed by atoms with Crippen LogP contribution in [0.15, 0.2) is 18.2 Å². The summed E-state index contributed by atoms with van der Waals surface area (Å²) < 4.78 is 0. The van der Waals surface area contributed by atoms with E-state index in [0.29, 0.717) is 18.0 Å². The van der Waals surface area contributed by atoms with Gasteiger partial charge in [-0.1, -0.05) is 36.2 Å². The molecule has 1 aromatic carbocycles. The van der Waals surface area contributed by atoms with Crippen LogP contribution in [-0.2, 0) is 0 Å². The summed E-state index contributed by atoms with van der Waals surface area (Å²) >= 11 is 0. The average molecular weight is 246 g/mol. The van der Waals surface area contributed by atoms with E-state index in [4.69, 9.17) is 5.73 Å². The molecule has 0 bridgehead atoms. The van der Waals surface area contributed by atoms with E-state index >= 15 is 0 Å². The van der Waals surface area contributed by atoms with E-state index in [1.54, 1.807) is 0 Å². The SMILES string of the molecule is Cc1cc(C)cc(C(C)N2CCC(N)C(C)C2)c1. The molecule has 1 fully saturated rings. The summed E-state index contributed by atoms with van der Waals surface area (Å²) in [7, 11) is 0. The van der Waals surface area contributed by atoms with Crippen LogP contribution in [0.3, 0.4) is 0 Å². The maximum atomic E-state index is 6.10. The second-order valence-electron chi connectivity index (χ2n) is 6.02. The zero-order valence-electron chi connectivity index (χ0n) is 12.1. The summed E-state index contributed by atoms with van der Waals surface area (Å²) in [5.74, 6) is 0.604. The molecule has 0 amide bonds. The summed E-state index contributed by atoms with van der Waals surface area (Å²) in [6, 6.07) is 7.75. The first kappa shape index (κ1) is 13.6. The molecule has 0 saturated carbocycles. The van der Waals surface area contributed by atoms with Crippen LogP contribution < -0.4 is 5.73 Å². The van der Waals surface area contributed by atoms with Crippen LogP contribution in [0.5, 0.6) is 0 Å². The van der Waals surface area contributed by atoms with Crippen molar-refractivity contribution in [3.8, 4) is 0 Å². The van der Waals surface area contributed by atoms with Crippen molar-refractivity contribution < 1.29 is 0 Å². The molecule has 0 spiro atoms. The maximum absolute atomic E-state index is 6.10. The zero-order valence-corrected chi connectivity index (χ0v) is 12.1. The minimum Gasteiger partial charge on any atom is -0.327 e. The number of nitrogens with zero attached hydrogens (tertiary/aromatic N) is 1. The Morgan fingerprint density at radius 3 is 2.39 bits per heavy atom. The van der Waals surface area contributed by atoms with Gasteiger partial charge in [-0.3, -0.25) is 4.90 Å². The number of rotatable bonds is 2. The summed E-state index contributed by atoms with van der Waals surface area (Å²) in [6.07, 6.45) is 1.12. The average Bonchev–Trinajstić information content (AvgIpc) is 2.30. The van der Waals surface area contributed by atoms with Crippen molar-refractivity contribution in [3.63, 3.8) is 0 Å². The molecule has 1 aliphatic rings. The van der Waals surface area contributed by atoms with E-state index in [0.717, 1.165) is 19.5 Å². The monoisotopic (exact) mass is 246 g/mol. The summed E-state index contributed by atoms with van der Waals surface area (Å²) in [4.78, 5) is 2.57. The first-order chi connectivity index (χ1) is 8.47. The predicted octanol–water partition coefficient (Wildman–Crippen LogP) is 3.03. The molecule has 1 saturated heterocycles. The molecule has 2 nitrogen and oxygen atoms in total. The Morgan fingerprint density at radius 2 is 1.83 bits per heavy atom. The molecule has 18 heavy (non-hydrogen) atoms. The summed E-state index contributed by atoms with van der Waals surface area (Å²) in [6.45, 7) is 11.2. The van der Waals surface area contributed by atoms with E-state index in [1.807, 2.05) is 0 Å². The highest BCUT2D eigenvalue weighted by atomic mass is 15.2. The van der Waals surface area contributed by atoms with Gasteiger partial charge >= 0.3 is 0 Å². The van der Waals surface area contributed by atoms with Gasteiger partial charge in [0.2, 0.25) is 0 Å². The number of nitrogens with two attached hydrogens (primary N) is 1. The number of aryl methyl sites for hydroxylation is 2. The third-order valence-electron chi connectivity index (χ3n) is 4.28. The van der Waals surface area contributed by atoms with Crippen molar-refractivity contribution in [1.29, 1.82) is 0 Å². The van der Waals surface area contributed by atoms with Crippen LogP contribution in [0.4, 0.5) is 0 Å². The molecule has 1 aromatic rings. The van der Waals surface area contributed by atoms with Crippen molar-refractivity contribution in [1.82, 2.24) is 4.90 Å². The highest BCUT2D eigenvalue weighted by Crippen LogP contribution is 2.27. The number of hydrogen-bond donors (Lipinski definition) is 1. The fraction of sp³-hybridized carbons (Fsp3) is 0.625. The van der Waals surface area contributed by atoms with Crippen LogP contribution in [-0.4, -0.2) is 24.0 Å². The molecule has 0 radical (unpaired) electrons. The first-order valence-electron chi connectivity index (χ1n) is 7.05. The third-order valence-corrected chi connectivity index (χ3v) is 4.28. The van der Waals surface area contributed by atoms with Gasteiger partial charge in [-0.05, 0) is 38.7 Å². The van der Waals surface area contributed by atoms with Crippen molar-refractivity contribution in [2.24, 2.45) is 11.7 Å². The summed E-state index contributed by atoms with van der Waals surface area (Å²) in [5.41, 5.74) is 10.3. The highest BCUT2D eigenvalue weighted by Gasteiger charge is 2.26. The van der Waals surface area contributed by atoms with Crippen LogP contribution in [0.1, 0.15) is 43.0 Å². The van der Waals surface area contributed by atoms with E-state index in [-0.39, 0.29) is 0 Å². The lowest BCUT2D eigenvalue weighted by molar-refractivity contribution is 0.124. The van der Waals surface area contributed by atoms with E-state index in [9.17, 15) is 0 Å². The Labute approximate surface area is 111 Å². The van der Waals surface area contributed by atoms with E-state index in [2.05, 4.69) is 50.8 Å². The standard InChI is InChI=1S/C16H26N2/c1-11-7-12(2)9-15(8-11)14(4)18-6-5-16(17)13(3)10-18/h7-9,13-14,16H,5-6,10,17H2,1-4H3.